The van der Waals surface area contributed by atoms with E-state index in [0.717, 1.165) is 37.8 Å². The lowest BCUT2D eigenvalue weighted by atomic mass is 10.2. The first-order valence-corrected chi connectivity index (χ1v) is 6.92. The van der Waals surface area contributed by atoms with E-state index in [1.165, 1.54) is 0 Å². The van der Waals surface area contributed by atoms with Gasteiger partial charge in [-0.3, -0.25) is 4.79 Å². The van der Waals surface area contributed by atoms with Crippen LogP contribution in [0.2, 0.25) is 0 Å². The van der Waals surface area contributed by atoms with E-state index in [9.17, 15) is 4.79 Å². The summed E-state index contributed by atoms with van der Waals surface area (Å²) in [6, 6.07) is 4.08. The van der Waals surface area contributed by atoms with E-state index in [4.69, 9.17) is 9.84 Å². The second kappa shape index (κ2) is 7.09. The number of nitrogens with zero attached hydrogens (tertiary/aromatic N) is 2. The molecule has 1 aliphatic rings. The fourth-order valence-corrected chi connectivity index (χ4v) is 2.15. The van der Waals surface area contributed by atoms with E-state index in [1.807, 2.05) is 19.1 Å². The Morgan fingerprint density at radius 2 is 2.25 bits per heavy atom. The minimum absolute atomic E-state index is 0.113. The van der Waals surface area contributed by atoms with Gasteiger partial charge < -0.3 is 20.1 Å². The minimum Gasteiger partial charge on any atom is -0.481 e. The molecular formula is C14H21N3O3. The van der Waals surface area contributed by atoms with Crippen molar-refractivity contribution < 1.29 is 14.6 Å². The van der Waals surface area contributed by atoms with Gasteiger partial charge in [-0.1, -0.05) is 0 Å². The monoisotopic (exact) mass is 279 g/mol. The van der Waals surface area contributed by atoms with Gasteiger partial charge in [0, 0.05) is 25.6 Å². The molecule has 2 rings (SSSR count). The number of morpholine rings is 1. The van der Waals surface area contributed by atoms with Gasteiger partial charge in [0.25, 0.3) is 0 Å². The summed E-state index contributed by atoms with van der Waals surface area (Å²) in [6.07, 6.45) is 2.57. The fourth-order valence-electron chi connectivity index (χ4n) is 2.15. The highest BCUT2D eigenvalue weighted by molar-refractivity contribution is 5.66. The summed E-state index contributed by atoms with van der Waals surface area (Å²) in [5.74, 6) is 0.191. The van der Waals surface area contributed by atoms with Crippen molar-refractivity contribution in [1.29, 1.82) is 0 Å². The van der Waals surface area contributed by atoms with Gasteiger partial charge in [-0.2, -0.15) is 0 Å². The van der Waals surface area contributed by atoms with Crippen LogP contribution < -0.4 is 10.2 Å². The van der Waals surface area contributed by atoms with Crippen LogP contribution in [0.5, 0.6) is 0 Å². The zero-order chi connectivity index (χ0) is 14.4. The molecule has 1 fully saturated rings. The van der Waals surface area contributed by atoms with Crippen molar-refractivity contribution in [2.75, 3.05) is 36.5 Å². The van der Waals surface area contributed by atoms with E-state index in [1.54, 1.807) is 6.20 Å². The van der Waals surface area contributed by atoms with Gasteiger partial charge in [0.1, 0.15) is 5.82 Å². The van der Waals surface area contributed by atoms with Gasteiger partial charge in [0.2, 0.25) is 0 Å². The minimum atomic E-state index is -0.764. The van der Waals surface area contributed by atoms with Crippen molar-refractivity contribution in [2.24, 2.45) is 0 Å². The van der Waals surface area contributed by atoms with Crippen LogP contribution in [0.4, 0.5) is 11.5 Å². The second-order valence-corrected chi connectivity index (χ2v) is 4.98. The molecule has 110 valence electrons. The molecule has 0 bridgehead atoms. The first kappa shape index (κ1) is 14.6. The van der Waals surface area contributed by atoms with Crippen LogP contribution in [0.1, 0.15) is 19.8 Å². The highest BCUT2D eigenvalue weighted by atomic mass is 16.5. The summed E-state index contributed by atoms with van der Waals surface area (Å²) in [6.45, 7) is 5.20. The predicted molar refractivity (Wildman–Crippen MR) is 77.2 cm³/mol. The highest BCUT2D eigenvalue weighted by Crippen LogP contribution is 2.16. The maximum Gasteiger partial charge on any atom is 0.303 e. The fraction of sp³-hybridized carbons (Fsp3) is 0.571. The summed E-state index contributed by atoms with van der Waals surface area (Å²) in [5.41, 5.74) is 0.917. The number of carboxylic acids is 1. The summed E-state index contributed by atoms with van der Waals surface area (Å²) in [7, 11) is 0. The predicted octanol–water partition coefficient (Wildman–Crippen LogP) is 1.58. The highest BCUT2D eigenvalue weighted by Gasteiger charge is 2.12. The molecule has 1 saturated heterocycles. The Labute approximate surface area is 118 Å². The van der Waals surface area contributed by atoms with Crippen LogP contribution in [-0.2, 0) is 9.53 Å². The number of carbonyl (C=O) groups is 1. The Morgan fingerprint density at radius 3 is 2.85 bits per heavy atom. The smallest absolute Gasteiger partial charge is 0.303 e. The van der Waals surface area contributed by atoms with E-state index in [2.05, 4.69) is 15.2 Å². The Morgan fingerprint density at radius 1 is 1.50 bits per heavy atom. The van der Waals surface area contributed by atoms with Crippen LogP contribution in [0.25, 0.3) is 0 Å². The molecule has 0 aliphatic carbocycles. The third kappa shape index (κ3) is 4.38. The molecule has 0 saturated carbocycles. The van der Waals surface area contributed by atoms with E-state index in [-0.39, 0.29) is 12.5 Å². The van der Waals surface area contributed by atoms with Crippen molar-refractivity contribution in [3.05, 3.63) is 18.3 Å². The number of hydrogen-bond donors (Lipinski definition) is 2. The third-order valence-electron chi connectivity index (χ3n) is 3.29. The van der Waals surface area contributed by atoms with Crippen molar-refractivity contribution in [3.63, 3.8) is 0 Å². The Bertz CT molecular complexity index is 430. The first-order chi connectivity index (χ1) is 9.65. The van der Waals surface area contributed by atoms with Crippen LogP contribution in [0, 0.1) is 0 Å². The maximum absolute atomic E-state index is 10.5. The third-order valence-corrected chi connectivity index (χ3v) is 3.29. The lowest BCUT2D eigenvalue weighted by Crippen LogP contribution is -2.36. The molecule has 6 nitrogen and oxygen atoms in total. The van der Waals surface area contributed by atoms with Crippen molar-refractivity contribution >= 4 is 17.5 Å². The Kier molecular flexibility index (Phi) is 5.17. The molecule has 0 radical (unpaired) electrons. The maximum atomic E-state index is 10.5. The van der Waals surface area contributed by atoms with Crippen LogP contribution in [-0.4, -0.2) is 48.4 Å². The summed E-state index contributed by atoms with van der Waals surface area (Å²) >= 11 is 0. The van der Waals surface area contributed by atoms with Crippen molar-refractivity contribution in [3.8, 4) is 0 Å². The largest absolute Gasteiger partial charge is 0.481 e. The van der Waals surface area contributed by atoms with E-state index < -0.39 is 5.97 Å². The number of anilines is 2. The number of carboxylic acid groups (broad SMARTS) is 1. The normalized spacial score (nSPS) is 16.8. The molecule has 6 heteroatoms. The molecule has 1 aromatic heterocycles. The van der Waals surface area contributed by atoms with E-state index in [0.29, 0.717) is 6.42 Å². The number of hydrogen-bond acceptors (Lipinski definition) is 5. The average molecular weight is 279 g/mol. The lowest BCUT2D eigenvalue weighted by molar-refractivity contribution is -0.137. The average Bonchev–Trinajstić information content (AvgIpc) is 2.47. The standard InChI is InChI=1S/C14H21N3O3/c1-11(2-5-14(18)19)16-12-3-4-13(15-10-12)17-6-8-20-9-7-17/h3-4,10-11,16H,2,5-9H2,1H3,(H,18,19). The van der Waals surface area contributed by atoms with Gasteiger partial charge in [-0.05, 0) is 25.5 Å². The van der Waals surface area contributed by atoms with Gasteiger partial charge in [0.05, 0.1) is 25.1 Å². The molecule has 1 atom stereocenters. The zero-order valence-electron chi connectivity index (χ0n) is 11.7. The van der Waals surface area contributed by atoms with Crippen LogP contribution in [0.15, 0.2) is 18.3 Å². The van der Waals surface area contributed by atoms with Gasteiger partial charge in [0.15, 0.2) is 0 Å². The SMILES string of the molecule is CC(CCC(=O)O)Nc1ccc(N2CCOCC2)nc1. The Balaban J connectivity index is 1.85. The molecule has 20 heavy (non-hydrogen) atoms. The quantitative estimate of drug-likeness (QED) is 0.823. The molecule has 1 unspecified atom stereocenters. The molecule has 0 amide bonds. The van der Waals surface area contributed by atoms with Gasteiger partial charge >= 0.3 is 5.97 Å². The first-order valence-electron chi connectivity index (χ1n) is 6.92. The number of pyridine rings is 1. The van der Waals surface area contributed by atoms with Crippen molar-refractivity contribution in [1.82, 2.24) is 4.98 Å². The van der Waals surface area contributed by atoms with Gasteiger partial charge in [-0.15, -0.1) is 0 Å². The lowest BCUT2D eigenvalue weighted by Gasteiger charge is -2.27. The Hall–Kier alpha value is -1.82. The molecular weight excluding hydrogens is 258 g/mol. The molecule has 1 aliphatic heterocycles. The van der Waals surface area contributed by atoms with Gasteiger partial charge in [-0.25, -0.2) is 4.98 Å². The zero-order valence-corrected chi connectivity index (χ0v) is 11.7. The topological polar surface area (TPSA) is 74.7 Å². The number of rotatable bonds is 6. The number of ether oxygens (including phenoxy) is 1. The molecule has 1 aromatic rings. The number of aliphatic carboxylic acids is 1. The summed E-state index contributed by atoms with van der Waals surface area (Å²) in [5, 5.41) is 11.9. The van der Waals surface area contributed by atoms with Crippen LogP contribution in [0.3, 0.4) is 0 Å². The summed E-state index contributed by atoms with van der Waals surface area (Å²) < 4.78 is 5.31. The number of nitrogens with one attached hydrogen (secondary N) is 1. The van der Waals surface area contributed by atoms with Crippen molar-refractivity contribution in [2.45, 2.75) is 25.8 Å². The molecule has 2 heterocycles. The molecule has 2 N–H and O–H groups in total. The summed E-state index contributed by atoms with van der Waals surface area (Å²) in [4.78, 5) is 17.2. The molecule has 0 spiro atoms. The van der Waals surface area contributed by atoms with E-state index >= 15 is 0 Å². The molecule has 0 aromatic carbocycles. The second-order valence-electron chi connectivity index (χ2n) is 4.98. The number of aromatic nitrogens is 1. The van der Waals surface area contributed by atoms with Crippen LogP contribution >= 0.6 is 0 Å².